The van der Waals surface area contributed by atoms with Crippen molar-refractivity contribution in [1.82, 2.24) is 4.98 Å². The van der Waals surface area contributed by atoms with E-state index in [1.54, 1.807) is 6.07 Å². The molecule has 94 valence electrons. The first-order valence-corrected chi connectivity index (χ1v) is 5.26. The fraction of sp³-hybridized carbons (Fsp3) is 0. The Balaban J connectivity index is 2.95. The molecule has 19 heavy (non-hydrogen) atoms. The Morgan fingerprint density at radius 2 is 2.21 bits per heavy atom. The van der Waals surface area contributed by atoms with Gasteiger partial charge in [0.1, 0.15) is 11.4 Å². The van der Waals surface area contributed by atoms with Gasteiger partial charge in [-0.2, -0.15) is 5.26 Å². The van der Waals surface area contributed by atoms with Crippen molar-refractivity contribution in [2.45, 2.75) is 0 Å². The van der Waals surface area contributed by atoms with Crippen molar-refractivity contribution in [2.24, 2.45) is 5.73 Å². The molecular formula is C13H8FN3O2. The number of aromatic nitrogens is 1. The Bertz CT molecular complexity index is 800. The van der Waals surface area contributed by atoms with E-state index in [-0.39, 0.29) is 22.2 Å². The molecule has 0 radical (unpaired) electrons. The summed E-state index contributed by atoms with van der Waals surface area (Å²) >= 11 is 0. The minimum absolute atomic E-state index is 0.0108. The molecule has 0 saturated carbocycles. The van der Waals surface area contributed by atoms with E-state index in [1.807, 2.05) is 0 Å². The summed E-state index contributed by atoms with van der Waals surface area (Å²) in [5.74, 6) is -1.57. The number of amides is 1. The highest BCUT2D eigenvalue weighted by atomic mass is 19.1. The summed E-state index contributed by atoms with van der Waals surface area (Å²) < 4.78 is 13.6. The molecule has 0 aliphatic rings. The fourth-order valence-electron chi connectivity index (χ4n) is 1.78. The molecule has 1 heterocycles. The number of para-hydroxylation sites is 1. The second-order valence-corrected chi connectivity index (χ2v) is 3.73. The van der Waals surface area contributed by atoms with Crippen LogP contribution >= 0.6 is 0 Å². The van der Waals surface area contributed by atoms with E-state index < -0.39 is 17.2 Å². The minimum atomic E-state index is -0.940. The van der Waals surface area contributed by atoms with Crippen LogP contribution in [-0.2, 0) is 0 Å². The van der Waals surface area contributed by atoms with Gasteiger partial charge in [0.15, 0.2) is 0 Å². The lowest BCUT2D eigenvalue weighted by Crippen LogP contribution is -2.24. The van der Waals surface area contributed by atoms with E-state index in [9.17, 15) is 14.0 Å². The molecule has 0 aliphatic carbocycles. The second-order valence-electron chi connectivity index (χ2n) is 3.73. The molecule has 1 aromatic heterocycles. The predicted octanol–water partition coefficient (Wildman–Crippen LogP) is 1.30. The van der Waals surface area contributed by atoms with Crippen LogP contribution in [0.4, 0.5) is 4.39 Å². The lowest BCUT2D eigenvalue weighted by atomic mass is 10.1. The van der Waals surface area contributed by atoms with Crippen molar-refractivity contribution >= 4 is 22.9 Å². The molecule has 5 nitrogen and oxygen atoms in total. The number of hydrogen-bond acceptors (Lipinski definition) is 3. The Morgan fingerprint density at radius 1 is 1.47 bits per heavy atom. The summed E-state index contributed by atoms with van der Waals surface area (Å²) in [6.45, 7) is 0. The first-order chi connectivity index (χ1) is 9.06. The van der Waals surface area contributed by atoms with Crippen molar-refractivity contribution in [1.29, 1.82) is 5.26 Å². The largest absolute Gasteiger partial charge is 0.365 e. The smallest absolute Gasteiger partial charge is 0.254 e. The molecule has 0 fully saturated rings. The van der Waals surface area contributed by atoms with Crippen LogP contribution in [0.3, 0.4) is 0 Å². The number of aromatic amines is 1. The van der Waals surface area contributed by atoms with Gasteiger partial charge < -0.3 is 10.7 Å². The van der Waals surface area contributed by atoms with Gasteiger partial charge >= 0.3 is 0 Å². The van der Waals surface area contributed by atoms with E-state index in [0.29, 0.717) is 0 Å². The van der Waals surface area contributed by atoms with Crippen molar-refractivity contribution in [3.05, 3.63) is 51.6 Å². The third-order valence-corrected chi connectivity index (χ3v) is 2.59. The van der Waals surface area contributed by atoms with Gasteiger partial charge in [0.2, 0.25) is 5.43 Å². The monoisotopic (exact) mass is 257 g/mol. The number of nitriles is 1. The number of allylic oxidation sites excluding steroid dienone is 1. The zero-order valence-corrected chi connectivity index (χ0v) is 9.61. The maximum atomic E-state index is 13.6. The molecule has 0 spiro atoms. The van der Waals surface area contributed by atoms with Crippen LogP contribution in [0.5, 0.6) is 0 Å². The van der Waals surface area contributed by atoms with Gasteiger partial charge in [-0.05, 0) is 18.2 Å². The minimum Gasteiger partial charge on any atom is -0.365 e. The highest BCUT2D eigenvalue weighted by Crippen LogP contribution is 2.15. The standard InChI is InChI=1S/C13H8FN3O2/c14-8-4-1-3-7-11(8)17-9(5-2-6-15)10(12(7)18)13(16)19/h1-5H,(H2,16,19)(H,17,18). The van der Waals surface area contributed by atoms with Crippen molar-refractivity contribution in [3.63, 3.8) is 0 Å². The molecule has 2 rings (SSSR count). The Kier molecular flexibility index (Phi) is 3.12. The molecule has 3 N–H and O–H groups in total. The first kappa shape index (κ1) is 12.5. The normalized spacial score (nSPS) is 10.7. The quantitative estimate of drug-likeness (QED) is 0.793. The van der Waals surface area contributed by atoms with Crippen LogP contribution in [0.25, 0.3) is 17.0 Å². The van der Waals surface area contributed by atoms with Crippen LogP contribution in [0.2, 0.25) is 0 Å². The van der Waals surface area contributed by atoms with Crippen molar-refractivity contribution in [2.75, 3.05) is 0 Å². The summed E-state index contributed by atoms with van der Waals surface area (Å²) in [6, 6.07) is 5.65. The van der Waals surface area contributed by atoms with Crippen LogP contribution < -0.4 is 11.2 Å². The summed E-state index contributed by atoms with van der Waals surface area (Å²) in [7, 11) is 0. The van der Waals surface area contributed by atoms with Gasteiger partial charge in [-0.1, -0.05) is 6.07 Å². The van der Waals surface area contributed by atoms with Crippen molar-refractivity contribution < 1.29 is 9.18 Å². The number of carbonyl (C=O) groups is 1. The maximum absolute atomic E-state index is 13.6. The summed E-state index contributed by atoms with van der Waals surface area (Å²) in [6.07, 6.45) is 2.26. The molecule has 0 aliphatic heterocycles. The maximum Gasteiger partial charge on any atom is 0.254 e. The lowest BCUT2D eigenvalue weighted by molar-refractivity contribution is 0.0999. The van der Waals surface area contributed by atoms with Gasteiger partial charge in [0, 0.05) is 11.5 Å². The number of halogens is 1. The number of H-pyrrole nitrogens is 1. The number of nitrogens with zero attached hydrogens (tertiary/aromatic N) is 1. The number of fused-ring (bicyclic) bond motifs is 1. The molecule has 1 aromatic carbocycles. The zero-order valence-electron chi connectivity index (χ0n) is 9.61. The number of rotatable bonds is 2. The van der Waals surface area contributed by atoms with Crippen molar-refractivity contribution in [3.8, 4) is 6.07 Å². The number of benzene rings is 1. The number of hydrogen-bond donors (Lipinski definition) is 2. The van der Waals surface area contributed by atoms with Gasteiger partial charge in [-0.25, -0.2) is 4.39 Å². The highest BCUT2D eigenvalue weighted by molar-refractivity contribution is 5.99. The zero-order chi connectivity index (χ0) is 14.0. The summed E-state index contributed by atoms with van der Waals surface area (Å²) in [4.78, 5) is 26.0. The predicted molar refractivity (Wildman–Crippen MR) is 67.7 cm³/mol. The van der Waals surface area contributed by atoms with E-state index >= 15 is 0 Å². The molecule has 0 bridgehead atoms. The second kappa shape index (κ2) is 4.74. The third-order valence-electron chi connectivity index (χ3n) is 2.59. The molecule has 1 amide bonds. The number of nitrogens with one attached hydrogen (secondary N) is 1. The Labute approximate surface area is 106 Å². The van der Waals surface area contributed by atoms with Gasteiger partial charge in [-0.3, -0.25) is 9.59 Å². The molecule has 2 aromatic rings. The number of pyridine rings is 1. The van der Waals surface area contributed by atoms with Gasteiger partial charge in [-0.15, -0.1) is 0 Å². The van der Waals surface area contributed by atoms with Gasteiger partial charge in [0.05, 0.1) is 17.3 Å². The van der Waals surface area contributed by atoms with Crippen LogP contribution in [-0.4, -0.2) is 10.9 Å². The van der Waals surface area contributed by atoms with E-state index in [2.05, 4.69) is 4.98 Å². The molecule has 0 unspecified atom stereocenters. The van der Waals surface area contributed by atoms with E-state index in [1.165, 1.54) is 24.3 Å². The number of carbonyl (C=O) groups excluding carboxylic acids is 1. The molecule has 6 heteroatoms. The van der Waals surface area contributed by atoms with E-state index in [4.69, 9.17) is 11.0 Å². The van der Waals surface area contributed by atoms with E-state index in [0.717, 1.165) is 6.08 Å². The molecular weight excluding hydrogens is 249 g/mol. The van der Waals surface area contributed by atoms with Crippen LogP contribution in [0, 0.1) is 17.1 Å². The topological polar surface area (TPSA) is 99.7 Å². The highest BCUT2D eigenvalue weighted by Gasteiger charge is 2.16. The third kappa shape index (κ3) is 2.09. The van der Waals surface area contributed by atoms with Gasteiger partial charge in [0.25, 0.3) is 5.91 Å². The van der Waals surface area contributed by atoms with Crippen LogP contribution in [0.15, 0.2) is 29.1 Å². The Morgan fingerprint density at radius 3 is 2.84 bits per heavy atom. The molecule has 0 saturated heterocycles. The Hall–Kier alpha value is -2.94. The number of primary amides is 1. The lowest BCUT2D eigenvalue weighted by Gasteiger charge is -2.06. The first-order valence-electron chi connectivity index (χ1n) is 5.26. The fourth-order valence-corrected chi connectivity index (χ4v) is 1.78. The average Bonchev–Trinajstić information content (AvgIpc) is 2.37. The van der Waals surface area contributed by atoms with Crippen LogP contribution in [0.1, 0.15) is 16.1 Å². The molecule has 0 atom stereocenters. The summed E-state index contributed by atoms with van der Waals surface area (Å²) in [5.41, 5.74) is 4.16. The average molecular weight is 257 g/mol. The number of nitrogens with two attached hydrogens (primary N) is 1. The SMILES string of the molecule is N#CC=Cc1[nH]c2c(F)cccc2c(=O)c1C(N)=O. The summed E-state index contributed by atoms with van der Waals surface area (Å²) in [5, 5.41) is 8.51.